The number of thiazole rings is 1. The van der Waals surface area contributed by atoms with Gasteiger partial charge in [0.15, 0.2) is 0 Å². The molecule has 5 nitrogen and oxygen atoms in total. The number of carbonyl (C=O) groups excluding carboxylic acids is 1. The van der Waals surface area contributed by atoms with Crippen LogP contribution < -0.4 is 5.32 Å². The molecule has 2 heterocycles. The zero-order valence-corrected chi connectivity index (χ0v) is 17.1. The molecule has 4 rings (SSSR count). The predicted molar refractivity (Wildman–Crippen MR) is 111 cm³/mol. The van der Waals surface area contributed by atoms with E-state index < -0.39 is 5.91 Å². The number of hydrogen-bond donors (Lipinski definition) is 1. The van der Waals surface area contributed by atoms with E-state index in [1.165, 1.54) is 17.4 Å². The lowest BCUT2D eigenvalue weighted by Gasteiger charge is -2.03. The van der Waals surface area contributed by atoms with Gasteiger partial charge in [-0.15, -0.1) is 16.4 Å². The van der Waals surface area contributed by atoms with E-state index >= 15 is 0 Å². The fourth-order valence-electron chi connectivity index (χ4n) is 2.43. The third-order valence-electron chi connectivity index (χ3n) is 3.70. The smallest absolute Gasteiger partial charge is 0.258 e. The van der Waals surface area contributed by atoms with Crippen molar-refractivity contribution < 1.29 is 4.79 Å². The highest BCUT2D eigenvalue weighted by Gasteiger charge is 2.16. The minimum absolute atomic E-state index is 0.171. The molecule has 0 aliphatic heterocycles. The average molecular weight is 458 g/mol. The van der Waals surface area contributed by atoms with Crippen LogP contribution in [0.1, 0.15) is 10.4 Å². The lowest BCUT2D eigenvalue weighted by atomic mass is 10.2. The molecule has 0 saturated heterocycles. The van der Waals surface area contributed by atoms with Crippen LogP contribution >= 0.6 is 57.7 Å². The molecule has 0 radical (unpaired) electrons. The highest BCUT2D eigenvalue weighted by molar-refractivity contribution is 7.15. The third kappa shape index (κ3) is 3.63. The van der Waals surface area contributed by atoms with Crippen LogP contribution in [0.2, 0.25) is 20.1 Å². The Morgan fingerprint density at radius 2 is 1.81 bits per heavy atom. The lowest BCUT2D eigenvalue weighted by Crippen LogP contribution is -2.13. The number of hydrogen-bond acceptors (Lipinski definition) is 4. The number of benzene rings is 2. The molecule has 1 amide bonds. The summed E-state index contributed by atoms with van der Waals surface area (Å²) in [5.74, 6) is -0.220. The summed E-state index contributed by atoms with van der Waals surface area (Å²) in [6.45, 7) is 0. The Morgan fingerprint density at radius 1 is 1.00 bits per heavy atom. The van der Waals surface area contributed by atoms with Crippen molar-refractivity contribution >= 4 is 74.6 Å². The number of anilines is 1. The molecule has 1 N–H and O–H groups in total. The van der Waals surface area contributed by atoms with Crippen molar-refractivity contribution in [3.05, 3.63) is 67.4 Å². The van der Waals surface area contributed by atoms with Crippen molar-refractivity contribution in [3.63, 3.8) is 0 Å². The molecule has 0 atom stereocenters. The fourth-order valence-corrected chi connectivity index (χ4v) is 4.05. The van der Waals surface area contributed by atoms with Crippen molar-refractivity contribution in [1.82, 2.24) is 14.6 Å². The van der Waals surface area contributed by atoms with Gasteiger partial charge < -0.3 is 0 Å². The molecular formula is C17H8Cl4N4OS. The average Bonchev–Trinajstić information content (AvgIpc) is 3.18. The van der Waals surface area contributed by atoms with Gasteiger partial charge in [-0.05, 0) is 36.4 Å². The van der Waals surface area contributed by atoms with Gasteiger partial charge in [0.1, 0.15) is 0 Å². The molecule has 2 aromatic carbocycles. The Labute approximate surface area is 177 Å². The summed E-state index contributed by atoms with van der Waals surface area (Å²) in [5.41, 5.74) is 1.86. The Morgan fingerprint density at radius 3 is 2.56 bits per heavy atom. The first-order valence-corrected chi connectivity index (χ1v) is 9.87. The van der Waals surface area contributed by atoms with Crippen LogP contribution in [0.5, 0.6) is 0 Å². The summed E-state index contributed by atoms with van der Waals surface area (Å²) in [6.07, 6.45) is 0. The van der Waals surface area contributed by atoms with Gasteiger partial charge in [0, 0.05) is 21.5 Å². The summed E-state index contributed by atoms with van der Waals surface area (Å²) < 4.78 is 1.62. The van der Waals surface area contributed by atoms with Gasteiger partial charge in [-0.1, -0.05) is 46.4 Å². The summed E-state index contributed by atoms with van der Waals surface area (Å²) in [5, 5.41) is 10.6. The minimum atomic E-state index is -0.391. The van der Waals surface area contributed by atoms with Gasteiger partial charge in [-0.2, -0.15) is 4.98 Å². The molecule has 0 spiro atoms. The van der Waals surface area contributed by atoms with E-state index in [0.29, 0.717) is 30.6 Å². The maximum atomic E-state index is 12.4. The van der Waals surface area contributed by atoms with Crippen LogP contribution in [0.3, 0.4) is 0 Å². The van der Waals surface area contributed by atoms with Crippen LogP contribution in [0.15, 0.2) is 41.8 Å². The van der Waals surface area contributed by atoms with E-state index in [9.17, 15) is 4.79 Å². The number of nitrogens with one attached hydrogen (secondary N) is 1. The maximum Gasteiger partial charge on any atom is 0.258 e. The monoisotopic (exact) mass is 456 g/mol. The van der Waals surface area contributed by atoms with Crippen LogP contribution in [0.4, 0.5) is 5.95 Å². The number of carbonyl (C=O) groups is 1. The van der Waals surface area contributed by atoms with Gasteiger partial charge >= 0.3 is 0 Å². The minimum Gasteiger partial charge on any atom is -0.289 e. The molecule has 0 aliphatic carbocycles. The second-order valence-electron chi connectivity index (χ2n) is 5.46. The van der Waals surface area contributed by atoms with Crippen LogP contribution in [-0.2, 0) is 0 Å². The fraction of sp³-hybridized carbons (Fsp3) is 0. The first-order valence-electron chi connectivity index (χ1n) is 7.48. The second kappa shape index (κ2) is 7.30. The lowest BCUT2D eigenvalue weighted by molar-refractivity contribution is 0.102. The Hall–Kier alpha value is -1.83. The number of rotatable bonds is 3. The molecule has 0 fully saturated rings. The van der Waals surface area contributed by atoms with E-state index in [4.69, 9.17) is 46.4 Å². The molecule has 0 saturated carbocycles. The molecule has 0 unspecified atom stereocenters. The summed E-state index contributed by atoms with van der Waals surface area (Å²) >= 11 is 25.4. The quantitative estimate of drug-likeness (QED) is 0.391. The van der Waals surface area contributed by atoms with E-state index in [1.807, 2.05) is 11.4 Å². The van der Waals surface area contributed by atoms with E-state index in [0.717, 1.165) is 11.3 Å². The Balaban J connectivity index is 1.65. The molecule has 4 aromatic rings. The zero-order valence-electron chi connectivity index (χ0n) is 13.2. The maximum absolute atomic E-state index is 12.4. The molecule has 0 aliphatic rings. The van der Waals surface area contributed by atoms with Gasteiger partial charge in [0.25, 0.3) is 11.9 Å². The molecule has 10 heteroatoms. The Kier molecular flexibility index (Phi) is 5.01. The van der Waals surface area contributed by atoms with Crippen molar-refractivity contribution in [3.8, 4) is 11.3 Å². The predicted octanol–water partition coefficient (Wildman–Crippen LogP) is 6.32. The standard InChI is InChI=1S/C17H8Cl4N4OS/c18-9-2-3-10(12(20)6-9)14-7-27-17-23-16(24-25(14)17)22-15(26)8-1-4-11(19)13(21)5-8/h1-7H,(H,22,24,26). The van der Waals surface area contributed by atoms with E-state index in [1.54, 1.807) is 28.8 Å². The van der Waals surface area contributed by atoms with E-state index in [-0.39, 0.29) is 5.95 Å². The number of fused-ring (bicyclic) bond motifs is 1. The molecule has 136 valence electrons. The van der Waals surface area contributed by atoms with Crippen LogP contribution in [-0.4, -0.2) is 20.5 Å². The topological polar surface area (TPSA) is 59.3 Å². The van der Waals surface area contributed by atoms with Crippen molar-refractivity contribution in [1.29, 1.82) is 0 Å². The second-order valence-corrected chi connectivity index (χ2v) is 7.95. The molecular weight excluding hydrogens is 450 g/mol. The number of halogens is 4. The highest BCUT2D eigenvalue weighted by atomic mass is 35.5. The molecule has 2 aromatic heterocycles. The SMILES string of the molecule is O=C(Nc1nc2scc(-c3ccc(Cl)cc3Cl)n2n1)c1ccc(Cl)c(Cl)c1. The Bertz CT molecular complexity index is 1190. The largest absolute Gasteiger partial charge is 0.289 e. The third-order valence-corrected chi connectivity index (χ3v) is 5.80. The summed E-state index contributed by atoms with van der Waals surface area (Å²) in [7, 11) is 0. The van der Waals surface area contributed by atoms with Crippen molar-refractivity contribution in [2.75, 3.05) is 5.32 Å². The van der Waals surface area contributed by atoms with E-state index in [2.05, 4.69) is 15.4 Å². The van der Waals surface area contributed by atoms with Crippen molar-refractivity contribution in [2.45, 2.75) is 0 Å². The van der Waals surface area contributed by atoms with Gasteiger partial charge in [0.2, 0.25) is 4.96 Å². The first-order chi connectivity index (χ1) is 12.9. The zero-order chi connectivity index (χ0) is 19.1. The van der Waals surface area contributed by atoms with Crippen LogP contribution in [0.25, 0.3) is 16.2 Å². The van der Waals surface area contributed by atoms with Gasteiger partial charge in [-0.25, -0.2) is 4.52 Å². The normalized spacial score (nSPS) is 11.1. The first kappa shape index (κ1) is 18.5. The molecule has 0 bridgehead atoms. The number of aromatic nitrogens is 3. The number of nitrogens with zero attached hydrogens (tertiary/aromatic N) is 3. The van der Waals surface area contributed by atoms with Crippen LogP contribution in [0, 0.1) is 0 Å². The molecule has 27 heavy (non-hydrogen) atoms. The highest BCUT2D eigenvalue weighted by Crippen LogP contribution is 2.33. The summed E-state index contributed by atoms with van der Waals surface area (Å²) in [4.78, 5) is 17.3. The van der Waals surface area contributed by atoms with Gasteiger partial charge in [0.05, 0.1) is 20.8 Å². The van der Waals surface area contributed by atoms with Gasteiger partial charge in [-0.3, -0.25) is 10.1 Å². The van der Waals surface area contributed by atoms with Crippen molar-refractivity contribution in [2.24, 2.45) is 0 Å². The summed E-state index contributed by atoms with van der Waals surface area (Å²) in [6, 6.07) is 9.82. The number of amides is 1.